The quantitative estimate of drug-likeness (QED) is 0.540. The lowest BCUT2D eigenvalue weighted by Crippen LogP contribution is -1.98. The summed E-state index contributed by atoms with van der Waals surface area (Å²) >= 11 is 6.46. The number of benzene rings is 1. The molecule has 0 saturated heterocycles. The highest BCUT2D eigenvalue weighted by Crippen LogP contribution is 2.16. The van der Waals surface area contributed by atoms with Gasteiger partial charge in [-0.1, -0.05) is 50.1 Å². The topological polar surface area (TPSA) is 9.23 Å². The van der Waals surface area contributed by atoms with Crippen LogP contribution in [0.15, 0.2) is 24.3 Å². The van der Waals surface area contributed by atoms with E-state index >= 15 is 0 Å². The van der Waals surface area contributed by atoms with E-state index in [1.165, 1.54) is 43.0 Å². The van der Waals surface area contributed by atoms with Gasteiger partial charge in [-0.3, -0.25) is 0 Å². The summed E-state index contributed by atoms with van der Waals surface area (Å²) in [6.45, 7) is 2.24. The number of ether oxygens (including phenoxy) is 1. The molecule has 0 aliphatic heterocycles. The number of rotatable bonds is 6. The number of hydrogen-bond acceptors (Lipinski definition) is 3. The highest BCUT2D eigenvalue weighted by atomic mass is 32.2. The van der Waals surface area contributed by atoms with Gasteiger partial charge in [0.15, 0.2) is 0 Å². The third kappa shape index (κ3) is 6.08. The van der Waals surface area contributed by atoms with Gasteiger partial charge in [0.25, 0.3) is 0 Å². The first-order chi connectivity index (χ1) is 8.26. The van der Waals surface area contributed by atoms with Crippen molar-refractivity contribution < 1.29 is 4.74 Å². The standard InChI is InChI=1S/C14H20OS2/c1-3-4-5-6-7-12-8-10-13(11-9-12)15-14(16)17-2/h8-11H,3-7H2,1-2H3. The van der Waals surface area contributed by atoms with Crippen LogP contribution in [0.4, 0.5) is 0 Å². The molecule has 0 aliphatic rings. The maximum atomic E-state index is 5.46. The maximum Gasteiger partial charge on any atom is 0.225 e. The summed E-state index contributed by atoms with van der Waals surface area (Å²) in [7, 11) is 0. The molecule has 0 heterocycles. The second kappa shape index (κ2) is 8.54. The largest absolute Gasteiger partial charge is 0.440 e. The van der Waals surface area contributed by atoms with Crippen molar-refractivity contribution in [2.45, 2.75) is 39.0 Å². The van der Waals surface area contributed by atoms with Gasteiger partial charge in [0.2, 0.25) is 4.38 Å². The van der Waals surface area contributed by atoms with Crippen LogP contribution in [-0.2, 0) is 6.42 Å². The lowest BCUT2D eigenvalue weighted by atomic mass is 10.1. The minimum atomic E-state index is 0.570. The molecule has 0 atom stereocenters. The second-order valence-corrected chi connectivity index (χ2v) is 5.42. The molecule has 0 fully saturated rings. The first kappa shape index (κ1) is 14.5. The van der Waals surface area contributed by atoms with Crippen LogP contribution in [0.1, 0.15) is 38.2 Å². The zero-order valence-electron chi connectivity index (χ0n) is 10.6. The van der Waals surface area contributed by atoms with Crippen molar-refractivity contribution in [1.82, 2.24) is 0 Å². The smallest absolute Gasteiger partial charge is 0.225 e. The second-order valence-electron chi connectivity index (χ2n) is 4.01. The SMILES string of the molecule is CCCCCCc1ccc(OC(=S)SC)cc1. The monoisotopic (exact) mass is 268 g/mol. The van der Waals surface area contributed by atoms with Crippen molar-refractivity contribution in [2.24, 2.45) is 0 Å². The molecule has 0 bridgehead atoms. The molecular formula is C14H20OS2. The Labute approximate surface area is 114 Å². The third-order valence-electron chi connectivity index (χ3n) is 2.61. The Kier molecular flexibility index (Phi) is 7.29. The minimum absolute atomic E-state index is 0.570. The molecule has 0 N–H and O–H groups in total. The minimum Gasteiger partial charge on any atom is -0.440 e. The summed E-state index contributed by atoms with van der Waals surface area (Å²) in [6.07, 6.45) is 8.31. The molecule has 0 amide bonds. The molecule has 0 aromatic heterocycles. The van der Waals surface area contributed by atoms with Gasteiger partial charge in [-0.05, 0) is 49.0 Å². The third-order valence-corrected chi connectivity index (χ3v) is 3.61. The summed E-state index contributed by atoms with van der Waals surface area (Å²) in [5.74, 6) is 0.835. The molecular weight excluding hydrogens is 248 g/mol. The lowest BCUT2D eigenvalue weighted by Gasteiger charge is -2.05. The van der Waals surface area contributed by atoms with Crippen LogP contribution in [0.5, 0.6) is 5.75 Å². The number of thiocarbonyl (C=S) groups is 1. The van der Waals surface area contributed by atoms with E-state index in [0.717, 1.165) is 12.2 Å². The van der Waals surface area contributed by atoms with E-state index in [1.54, 1.807) is 0 Å². The molecule has 0 spiro atoms. The summed E-state index contributed by atoms with van der Waals surface area (Å²) in [4.78, 5) is 0. The molecule has 1 aromatic rings. The predicted molar refractivity (Wildman–Crippen MR) is 81.0 cm³/mol. The maximum absolute atomic E-state index is 5.46. The molecule has 1 nitrogen and oxygen atoms in total. The first-order valence-corrected chi connectivity index (χ1v) is 7.74. The molecule has 0 aliphatic carbocycles. The Morgan fingerprint density at radius 3 is 2.47 bits per heavy atom. The van der Waals surface area contributed by atoms with Gasteiger partial charge in [0.1, 0.15) is 5.75 Å². The fourth-order valence-corrected chi connectivity index (χ4v) is 1.89. The number of hydrogen-bond donors (Lipinski definition) is 0. The Morgan fingerprint density at radius 1 is 1.18 bits per heavy atom. The van der Waals surface area contributed by atoms with Crippen molar-refractivity contribution in [3.63, 3.8) is 0 Å². The predicted octanol–water partition coefficient (Wildman–Crippen LogP) is 4.84. The molecule has 0 unspecified atom stereocenters. The van der Waals surface area contributed by atoms with Gasteiger partial charge < -0.3 is 4.74 Å². The molecule has 0 saturated carbocycles. The van der Waals surface area contributed by atoms with Gasteiger partial charge in [-0.2, -0.15) is 0 Å². The molecule has 94 valence electrons. The lowest BCUT2D eigenvalue weighted by molar-refractivity contribution is 0.578. The average Bonchev–Trinajstić information content (AvgIpc) is 2.36. The van der Waals surface area contributed by atoms with Crippen LogP contribution < -0.4 is 4.74 Å². The van der Waals surface area contributed by atoms with E-state index in [2.05, 4.69) is 19.1 Å². The summed E-state index contributed by atoms with van der Waals surface area (Å²) in [6, 6.07) is 8.25. The van der Waals surface area contributed by atoms with Gasteiger partial charge in [0.05, 0.1) is 0 Å². The molecule has 1 aromatic carbocycles. The Balaban J connectivity index is 2.36. The van der Waals surface area contributed by atoms with E-state index in [-0.39, 0.29) is 0 Å². The van der Waals surface area contributed by atoms with Crippen molar-refractivity contribution >= 4 is 28.4 Å². The molecule has 1 rings (SSSR count). The van der Waals surface area contributed by atoms with E-state index in [1.807, 2.05) is 18.4 Å². The number of aryl methyl sites for hydroxylation is 1. The summed E-state index contributed by atoms with van der Waals surface area (Å²) in [5, 5.41) is 0. The van der Waals surface area contributed by atoms with Gasteiger partial charge >= 0.3 is 0 Å². The molecule has 17 heavy (non-hydrogen) atoms. The van der Waals surface area contributed by atoms with E-state index in [9.17, 15) is 0 Å². The molecule has 0 radical (unpaired) electrons. The van der Waals surface area contributed by atoms with Gasteiger partial charge in [-0.25, -0.2) is 0 Å². The normalized spacial score (nSPS) is 10.2. The Hall–Kier alpha value is -0.540. The van der Waals surface area contributed by atoms with Crippen LogP contribution in [0, 0.1) is 0 Å². The van der Waals surface area contributed by atoms with Gasteiger partial charge in [0, 0.05) is 0 Å². The van der Waals surface area contributed by atoms with E-state index in [0.29, 0.717) is 4.38 Å². The highest BCUT2D eigenvalue weighted by Gasteiger charge is 1.99. The van der Waals surface area contributed by atoms with Crippen LogP contribution in [-0.4, -0.2) is 10.6 Å². The zero-order chi connectivity index (χ0) is 12.5. The number of unbranched alkanes of at least 4 members (excludes halogenated alkanes) is 3. The Morgan fingerprint density at radius 2 is 1.88 bits per heavy atom. The van der Waals surface area contributed by atoms with Crippen molar-refractivity contribution in [3.8, 4) is 5.75 Å². The van der Waals surface area contributed by atoms with Gasteiger partial charge in [-0.15, -0.1) is 0 Å². The van der Waals surface area contributed by atoms with E-state index < -0.39 is 0 Å². The van der Waals surface area contributed by atoms with Crippen molar-refractivity contribution in [2.75, 3.05) is 6.26 Å². The number of thioether (sulfide) groups is 1. The van der Waals surface area contributed by atoms with Crippen molar-refractivity contribution in [3.05, 3.63) is 29.8 Å². The first-order valence-electron chi connectivity index (χ1n) is 6.11. The van der Waals surface area contributed by atoms with E-state index in [4.69, 9.17) is 17.0 Å². The van der Waals surface area contributed by atoms with Crippen LogP contribution in [0.25, 0.3) is 0 Å². The average molecular weight is 268 g/mol. The molecule has 3 heteroatoms. The van der Waals surface area contributed by atoms with Crippen LogP contribution >= 0.6 is 24.0 Å². The van der Waals surface area contributed by atoms with Crippen LogP contribution in [0.3, 0.4) is 0 Å². The van der Waals surface area contributed by atoms with Crippen LogP contribution in [0.2, 0.25) is 0 Å². The van der Waals surface area contributed by atoms with Crippen molar-refractivity contribution in [1.29, 1.82) is 0 Å². The zero-order valence-corrected chi connectivity index (χ0v) is 12.2. The fraction of sp³-hybridized carbons (Fsp3) is 0.500. The highest BCUT2D eigenvalue weighted by molar-refractivity contribution is 8.22. The Bertz CT molecular complexity index is 333. The fourth-order valence-electron chi connectivity index (χ4n) is 1.62. The summed E-state index contributed by atoms with van der Waals surface area (Å²) in [5.41, 5.74) is 1.38. The summed E-state index contributed by atoms with van der Waals surface area (Å²) < 4.78 is 6.03.